The number of esters is 1. The Balaban J connectivity index is 1.79. The van der Waals surface area contributed by atoms with Gasteiger partial charge in [0.2, 0.25) is 15.9 Å². The summed E-state index contributed by atoms with van der Waals surface area (Å²) in [5.41, 5.74) is 1.39. The molecule has 1 saturated heterocycles. The van der Waals surface area contributed by atoms with Crippen molar-refractivity contribution in [3.8, 4) is 0 Å². The number of nitrogens with zero attached hydrogens (tertiary/aromatic N) is 2. The number of carbonyl (C=O) groups excluding carboxylic acids is 1. The quantitative estimate of drug-likeness (QED) is 0.730. The minimum Gasteiger partial charge on any atom is -0.469 e. The maximum Gasteiger partial charge on any atom is 0.305 e. The van der Waals surface area contributed by atoms with Gasteiger partial charge in [-0.25, -0.2) is 13.4 Å². The van der Waals surface area contributed by atoms with Crippen LogP contribution in [0.3, 0.4) is 0 Å². The molecule has 25 heavy (non-hydrogen) atoms. The summed E-state index contributed by atoms with van der Waals surface area (Å²) in [5, 5.41) is 0. The van der Waals surface area contributed by atoms with Gasteiger partial charge in [-0.15, -0.1) is 0 Å². The molecule has 136 valence electrons. The number of carbonyl (C=O) groups is 1. The maximum atomic E-state index is 12.8. The number of methoxy groups -OCH3 is 1. The summed E-state index contributed by atoms with van der Waals surface area (Å²) >= 11 is 0. The fourth-order valence-corrected chi connectivity index (χ4v) is 4.87. The zero-order chi connectivity index (χ0) is 17.9. The monoisotopic (exact) mass is 366 g/mol. The average Bonchev–Trinajstić information content (AvgIpc) is 3.05. The van der Waals surface area contributed by atoms with Crippen molar-refractivity contribution in [2.24, 2.45) is 0 Å². The van der Waals surface area contributed by atoms with E-state index < -0.39 is 16.0 Å². The van der Waals surface area contributed by atoms with Crippen LogP contribution in [0.2, 0.25) is 0 Å². The normalized spacial score (nSPS) is 19.2. The van der Waals surface area contributed by atoms with E-state index in [-0.39, 0.29) is 24.6 Å². The molecule has 0 bridgehead atoms. The number of ether oxygens (including phenoxy) is 1. The van der Waals surface area contributed by atoms with E-state index in [1.165, 1.54) is 11.4 Å². The Morgan fingerprint density at radius 2 is 2.16 bits per heavy atom. The summed E-state index contributed by atoms with van der Waals surface area (Å²) in [6.07, 6.45) is 2.76. The number of piperidine rings is 1. The Morgan fingerprint density at radius 1 is 1.36 bits per heavy atom. The van der Waals surface area contributed by atoms with Gasteiger partial charge in [-0.1, -0.05) is 18.6 Å². The molecular weight excluding hydrogens is 344 g/mol. The molecule has 7 nitrogen and oxygen atoms in total. The molecule has 0 unspecified atom stereocenters. The molecule has 1 aliphatic rings. The molecule has 0 N–H and O–H groups in total. The van der Waals surface area contributed by atoms with E-state index in [4.69, 9.17) is 4.42 Å². The Hall–Kier alpha value is -1.93. The minimum absolute atomic E-state index is 0.0845. The molecule has 2 heterocycles. The first-order valence-electron chi connectivity index (χ1n) is 8.43. The predicted molar refractivity (Wildman–Crippen MR) is 92.3 cm³/mol. The van der Waals surface area contributed by atoms with Gasteiger partial charge in [0.05, 0.1) is 12.9 Å². The number of benzene rings is 1. The van der Waals surface area contributed by atoms with E-state index in [1.54, 1.807) is 0 Å². The molecule has 0 aliphatic carbocycles. The Labute approximate surface area is 147 Å². The fraction of sp³-hybridized carbons (Fsp3) is 0.529. The van der Waals surface area contributed by atoms with Gasteiger partial charge in [-0.05, 0) is 31.4 Å². The van der Waals surface area contributed by atoms with Gasteiger partial charge in [0.15, 0.2) is 5.58 Å². The van der Waals surface area contributed by atoms with E-state index >= 15 is 0 Å². The van der Waals surface area contributed by atoms with Gasteiger partial charge in [0.1, 0.15) is 11.6 Å². The van der Waals surface area contributed by atoms with Gasteiger partial charge in [0.25, 0.3) is 0 Å². The van der Waals surface area contributed by atoms with E-state index in [1.807, 2.05) is 24.3 Å². The van der Waals surface area contributed by atoms with Crippen LogP contribution < -0.4 is 0 Å². The summed E-state index contributed by atoms with van der Waals surface area (Å²) in [5.74, 6) is -0.0412. The van der Waals surface area contributed by atoms with E-state index in [9.17, 15) is 13.2 Å². The van der Waals surface area contributed by atoms with Crippen molar-refractivity contribution in [3.05, 3.63) is 30.2 Å². The molecule has 0 amide bonds. The van der Waals surface area contributed by atoms with Crippen LogP contribution in [0, 0.1) is 0 Å². The largest absolute Gasteiger partial charge is 0.469 e. The predicted octanol–water partition coefficient (Wildman–Crippen LogP) is 2.64. The number of aromatic nitrogens is 1. The summed E-state index contributed by atoms with van der Waals surface area (Å²) in [7, 11) is -2.20. The maximum absolute atomic E-state index is 12.8. The van der Waals surface area contributed by atoms with Crippen LogP contribution in [0.1, 0.15) is 44.0 Å². The second-order valence-corrected chi connectivity index (χ2v) is 8.18. The van der Waals surface area contributed by atoms with Crippen molar-refractivity contribution in [3.63, 3.8) is 0 Å². The molecule has 0 spiro atoms. The fourth-order valence-electron chi connectivity index (χ4n) is 3.14. The van der Waals surface area contributed by atoms with Crippen LogP contribution in [0.5, 0.6) is 0 Å². The molecule has 1 aliphatic heterocycles. The highest BCUT2D eigenvalue weighted by Crippen LogP contribution is 2.34. The number of sulfonamides is 1. The van der Waals surface area contributed by atoms with Crippen molar-refractivity contribution in [2.75, 3.05) is 19.4 Å². The molecule has 0 radical (unpaired) electrons. The first kappa shape index (κ1) is 17.9. The molecule has 8 heteroatoms. The zero-order valence-electron chi connectivity index (χ0n) is 14.2. The van der Waals surface area contributed by atoms with E-state index in [0.717, 1.165) is 18.4 Å². The van der Waals surface area contributed by atoms with Gasteiger partial charge in [0, 0.05) is 13.0 Å². The van der Waals surface area contributed by atoms with Crippen LogP contribution in [0.15, 0.2) is 28.7 Å². The number of para-hydroxylation sites is 2. The number of rotatable bonds is 6. The second kappa shape index (κ2) is 7.53. The highest BCUT2D eigenvalue weighted by atomic mass is 32.2. The summed E-state index contributed by atoms with van der Waals surface area (Å²) < 4.78 is 37.4. The average molecular weight is 366 g/mol. The number of fused-ring (bicyclic) bond motifs is 1. The van der Waals surface area contributed by atoms with Crippen molar-refractivity contribution in [1.29, 1.82) is 0 Å². The first-order chi connectivity index (χ1) is 12.0. The Morgan fingerprint density at radius 3 is 2.92 bits per heavy atom. The van der Waals surface area contributed by atoms with E-state index in [2.05, 4.69) is 9.72 Å². The lowest BCUT2D eigenvalue weighted by molar-refractivity contribution is -0.140. The van der Waals surface area contributed by atoms with Crippen molar-refractivity contribution < 1.29 is 22.4 Å². The standard InChI is InChI=1S/C17H22N2O5S/c1-23-16(20)10-6-12-25(21,22)19-11-5-4-8-14(19)17-18-13-7-2-3-9-15(13)24-17/h2-3,7,9,14H,4-6,8,10-12H2,1H3/t14-/m0/s1. The van der Waals surface area contributed by atoms with Crippen molar-refractivity contribution in [2.45, 2.75) is 38.1 Å². The molecule has 1 aromatic carbocycles. The third kappa shape index (κ3) is 4.01. The molecule has 1 atom stereocenters. The van der Waals surface area contributed by atoms with Crippen LogP contribution in [0.4, 0.5) is 0 Å². The number of oxazole rings is 1. The third-order valence-corrected chi connectivity index (χ3v) is 6.37. The SMILES string of the molecule is COC(=O)CCCS(=O)(=O)N1CCCC[C@H]1c1nc2ccccc2o1. The molecular formula is C17H22N2O5S. The number of hydrogen-bond donors (Lipinski definition) is 0. The van der Waals surface area contributed by atoms with E-state index in [0.29, 0.717) is 24.4 Å². The van der Waals surface area contributed by atoms with Gasteiger partial charge in [-0.2, -0.15) is 4.31 Å². The first-order valence-corrected chi connectivity index (χ1v) is 10.0. The van der Waals surface area contributed by atoms with Crippen LogP contribution >= 0.6 is 0 Å². The minimum atomic E-state index is -3.50. The van der Waals surface area contributed by atoms with Gasteiger partial charge < -0.3 is 9.15 Å². The number of hydrogen-bond acceptors (Lipinski definition) is 6. The van der Waals surface area contributed by atoms with Crippen molar-refractivity contribution >= 4 is 27.1 Å². The summed E-state index contributed by atoms with van der Waals surface area (Å²) in [6.45, 7) is 0.448. The van der Waals surface area contributed by atoms with Gasteiger partial charge in [-0.3, -0.25) is 4.79 Å². The smallest absolute Gasteiger partial charge is 0.305 e. The Kier molecular flexibility index (Phi) is 5.39. The Bertz CT molecular complexity index is 813. The zero-order valence-corrected chi connectivity index (χ0v) is 15.0. The lowest BCUT2D eigenvalue weighted by Crippen LogP contribution is -2.40. The van der Waals surface area contributed by atoms with Gasteiger partial charge >= 0.3 is 5.97 Å². The second-order valence-electron chi connectivity index (χ2n) is 6.14. The summed E-state index contributed by atoms with van der Waals surface area (Å²) in [4.78, 5) is 15.7. The van der Waals surface area contributed by atoms with Crippen LogP contribution in [-0.2, 0) is 19.6 Å². The molecule has 3 rings (SSSR count). The van der Waals surface area contributed by atoms with Crippen LogP contribution in [0.25, 0.3) is 11.1 Å². The molecule has 2 aromatic rings. The lowest BCUT2D eigenvalue weighted by Gasteiger charge is -2.32. The van der Waals surface area contributed by atoms with Crippen LogP contribution in [-0.4, -0.2) is 43.1 Å². The van der Waals surface area contributed by atoms with Crippen molar-refractivity contribution in [1.82, 2.24) is 9.29 Å². The lowest BCUT2D eigenvalue weighted by atomic mass is 10.1. The topological polar surface area (TPSA) is 89.7 Å². The summed E-state index contributed by atoms with van der Waals surface area (Å²) in [6, 6.07) is 7.02. The highest BCUT2D eigenvalue weighted by molar-refractivity contribution is 7.89. The highest BCUT2D eigenvalue weighted by Gasteiger charge is 2.35. The molecule has 0 saturated carbocycles. The third-order valence-electron chi connectivity index (χ3n) is 4.42. The molecule has 1 fully saturated rings. The molecule has 1 aromatic heterocycles.